The molecule has 0 amide bonds. The molecular weight excluding hydrogens is 439 g/mol. The van der Waals surface area contributed by atoms with Gasteiger partial charge >= 0.3 is 41.3 Å². The fraction of sp³-hybridized carbons (Fsp3) is 0.154. The van der Waals surface area contributed by atoms with Gasteiger partial charge in [0.05, 0.1) is 0 Å². The van der Waals surface area contributed by atoms with Gasteiger partial charge in [0.15, 0.2) is 0 Å². The summed E-state index contributed by atoms with van der Waals surface area (Å²) in [5, 5.41) is 2.72. The number of hydrogen-bond donors (Lipinski definition) is 0. The molecule has 2 heteroatoms. The van der Waals surface area contributed by atoms with E-state index in [2.05, 4.69) is 99.6 Å². The van der Waals surface area contributed by atoms with E-state index in [-0.39, 0.29) is 12.4 Å². The van der Waals surface area contributed by atoms with Crippen LogP contribution in [0.25, 0.3) is 21.9 Å². The van der Waals surface area contributed by atoms with Crippen molar-refractivity contribution in [2.24, 2.45) is 0 Å². The Morgan fingerprint density at radius 1 is 0.929 bits per heavy atom. The summed E-state index contributed by atoms with van der Waals surface area (Å²) in [6, 6.07) is 30.9. The number of halogens is 1. The Morgan fingerprint density at radius 2 is 1.57 bits per heavy atom. The fourth-order valence-corrected chi connectivity index (χ4v) is 3.30. The van der Waals surface area contributed by atoms with Crippen molar-refractivity contribution in [2.45, 2.75) is 27.2 Å². The zero-order valence-corrected chi connectivity index (χ0v) is 19.9. The van der Waals surface area contributed by atoms with Crippen molar-refractivity contribution >= 4 is 26.4 Å². The molecule has 0 heterocycles. The number of benzene rings is 3. The molecule has 0 unspecified atom stereocenters. The van der Waals surface area contributed by atoms with Crippen LogP contribution in [0.1, 0.15) is 30.5 Å². The van der Waals surface area contributed by atoms with Crippen LogP contribution in [0.4, 0.5) is 0 Å². The smallest absolute Gasteiger partial charge is 0.0253 e. The van der Waals surface area contributed by atoms with Crippen molar-refractivity contribution in [1.82, 2.24) is 0 Å². The largest absolute Gasteiger partial charge is 0.179 e. The van der Waals surface area contributed by atoms with Crippen molar-refractivity contribution in [3.05, 3.63) is 102 Å². The van der Waals surface area contributed by atoms with Gasteiger partial charge in [-0.15, -0.1) is 53.0 Å². The van der Waals surface area contributed by atoms with Crippen molar-refractivity contribution in [3.63, 3.8) is 0 Å². The molecule has 1 aliphatic rings. The van der Waals surface area contributed by atoms with Gasteiger partial charge in [0.2, 0.25) is 0 Å². The summed E-state index contributed by atoms with van der Waals surface area (Å²) in [5.74, 6) is 0. The van der Waals surface area contributed by atoms with Gasteiger partial charge in [0.25, 0.3) is 0 Å². The zero-order valence-electron chi connectivity index (χ0n) is 16.6. The van der Waals surface area contributed by atoms with Gasteiger partial charge in [0, 0.05) is 0 Å². The Balaban J connectivity index is 0.000000168. The molecule has 5 rings (SSSR count). The average molecular weight is 464 g/mol. The first-order valence-electron chi connectivity index (χ1n) is 9.27. The molecule has 0 nitrogen and oxygen atoms in total. The van der Waals surface area contributed by atoms with Crippen molar-refractivity contribution < 1.29 is 24.2 Å². The molecule has 0 N–H and O–H groups in total. The Kier molecular flexibility index (Phi) is 8.67. The number of hydrogen-bond acceptors (Lipinski definition) is 0. The summed E-state index contributed by atoms with van der Waals surface area (Å²) in [4.78, 5) is 0. The molecule has 0 bridgehead atoms. The minimum atomic E-state index is 0. The predicted octanol–water partition coefficient (Wildman–Crippen LogP) is 7.09. The summed E-state index contributed by atoms with van der Waals surface area (Å²) in [6.07, 6.45) is 1.05. The molecule has 140 valence electrons. The van der Waals surface area contributed by atoms with Crippen LogP contribution < -0.4 is 0 Å². The van der Waals surface area contributed by atoms with Gasteiger partial charge in [0.1, 0.15) is 0 Å². The molecular formula is C26H25ClZr. The van der Waals surface area contributed by atoms with Crippen molar-refractivity contribution in [3.8, 4) is 11.1 Å². The van der Waals surface area contributed by atoms with E-state index in [9.17, 15) is 0 Å². The maximum atomic E-state index is 3.30. The first-order valence-corrected chi connectivity index (χ1v) is 10.5. The second-order valence-electron chi connectivity index (χ2n) is 7.00. The Hall–Kier alpha value is -1.69. The molecule has 28 heavy (non-hydrogen) atoms. The Morgan fingerprint density at radius 3 is 2.32 bits per heavy atom. The van der Waals surface area contributed by atoms with E-state index in [1.165, 1.54) is 41.8 Å². The summed E-state index contributed by atoms with van der Waals surface area (Å²) < 4.78 is 1.51. The zero-order chi connectivity index (χ0) is 19.2. The molecule has 0 saturated carbocycles. The Bertz CT molecular complexity index is 1010. The first kappa shape index (κ1) is 22.6. The molecule has 0 aliphatic heterocycles. The monoisotopic (exact) mass is 462 g/mol. The van der Waals surface area contributed by atoms with E-state index in [0.717, 1.165) is 6.42 Å². The molecule has 4 aromatic carbocycles. The molecule has 4 aromatic rings. The average Bonchev–Trinajstić information content (AvgIpc) is 3.23. The molecule has 0 aromatic heterocycles. The summed E-state index contributed by atoms with van der Waals surface area (Å²) in [6.45, 7) is 6.39. The first-order chi connectivity index (χ1) is 13.1. The van der Waals surface area contributed by atoms with Crippen molar-refractivity contribution in [1.29, 1.82) is 0 Å². The van der Waals surface area contributed by atoms with Crippen LogP contribution >= 0.6 is 12.4 Å². The number of rotatable bonds is 0. The fourth-order valence-electron chi connectivity index (χ4n) is 3.30. The summed E-state index contributed by atoms with van der Waals surface area (Å²) in [7, 11) is 0. The van der Waals surface area contributed by atoms with E-state index < -0.39 is 0 Å². The van der Waals surface area contributed by atoms with Gasteiger partial charge in [-0.05, 0) is 6.42 Å². The van der Waals surface area contributed by atoms with Crippen LogP contribution in [-0.2, 0) is 30.7 Å². The topological polar surface area (TPSA) is 0 Å². The van der Waals surface area contributed by atoms with Crippen molar-refractivity contribution in [2.75, 3.05) is 0 Å². The Labute approximate surface area is 189 Å². The quantitative estimate of drug-likeness (QED) is 0.215. The second kappa shape index (κ2) is 10.7. The molecule has 1 aliphatic carbocycles. The van der Waals surface area contributed by atoms with Crippen LogP contribution in [0, 0.1) is 13.0 Å². The number of fused-ring (bicyclic) bond motifs is 4. The third kappa shape index (κ3) is 5.66. The third-order valence-corrected chi connectivity index (χ3v) is 4.52. The van der Waals surface area contributed by atoms with Crippen LogP contribution in [0.3, 0.4) is 0 Å². The molecule has 0 saturated heterocycles. The minimum Gasteiger partial charge on any atom is -0.179 e. The van der Waals surface area contributed by atoms with Gasteiger partial charge < -0.3 is 0 Å². The predicted molar refractivity (Wildman–Crippen MR) is 121 cm³/mol. The summed E-state index contributed by atoms with van der Waals surface area (Å²) in [5.41, 5.74) is 6.88. The normalized spacial score (nSPS) is 10.5. The van der Waals surface area contributed by atoms with E-state index in [4.69, 9.17) is 0 Å². The maximum Gasteiger partial charge on any atom is -0.0253 e. The molecule has 0 atom stereocenters. The molecule has 0 radical (unpaired) electrons. The second-order valence-corrected chi connectivity index (χ2v) is 9.46. The third-order valence-electron chi connectivity index (χ3n) is 4.52. The van der Waals surface area contributed by atoms with Crippen LogP contribution in [0.15, 0.2) is 78.9 Å². The molecule has 0 spiro atoms. The van der Waals surface area contributed by atoms with Crippen LogP contribution in [0.2, 0.25) is 0 Å². The van der Waals surface area contributed by atoms with Gasteiger partial charge in [-0.25, -0.2) is 0 Å². The standard InChI is InChI=1S/C13H9.C10H9.C3H6.ClH.Zr/c1-3-7-12-10(5-1)9-11-6-2-4-8-13(11)12;1-8-6-7-9-4-2-3-5-10(8)9;1-3-2;;/h1-5,7-8H,9H2;2-7H,1H3;1-2H3;1H;/q2*-1;;;+2. The van der Waals surface area contributed by atoms with Gasteiger partial charge in [-0.1, -0.05) is 48.4 Å². The van der Waals surface area contributed by atoms with Crippen LogP contribution in [-0.4, -0.2) is 3.21 Å². The number of aryl methyl sites for hydroxylation is 1. The van der Waals surface area contributed by atoms with Gasteiger partial charge in [-0.3, -0.25) is 0 Å². The SMILES string of the molecule is C[C](C)=[Zr+2].Cc1c[cH-]c2ccccc12.Cl.[c-]1cccc2c1Cc1ccccc1-2. The van der Waals surface area contributed by atoms with Gasteiger partial charge in [-0.2, -0.15) is 41.5 Å². The van der Waals surface area contributed by atoms with E-state index in [1.54, 1.807) is 24.2 Å². The van der Waals surface area contributed by atoms with E-state index in [0.29, 0.717) is 0 Å². The minimum absolute atomic E-state index is 0. The van der Waals surface area contributed by atoms with E-state index >= 15 is 0 Å². The van der Waals surface area contributed by atoms with E-state index in [1.807, 2.05) is 6.07 Å². The summed E-state index contributed by atoms with van der Waals surface area (Å²) >= 11 is 1.55. The maximum absolute atomic E-state index is 3.30. The molecule has 0 fully saturated rings. The van der Waals surface area contributed by atoms with Crippen LogP contribution in [0.5, 0.6) is 0 Å².